The van der Waals surface area contributed by atoms with Crippen molar-refractivity contribution in [1.82, 2.24) is 4.90 Å². The smallest absolute Gasteiger partial charge is 0.00532 e. The number of hydrogen-bond acceptors (Lipinski definition) is 1. The van der Waals surface area contributed by atoms with Gasteiger partial charge >= 0.3 is 0 Å². The zero-order valence-electron chi connectivity index (χ0n) is 9.06. The van der Waals surface area contributed by atoms with Crippen molar-refractivity contribution < 1.29 is 0 Å². The maximum absolute atomic E-state index is 2.58. The zero-order chi connectivity index (χ0) is 9.19. The van der Waals surface area contributed by atoms with Gasteiger partial charge in [-0.1, -0.05) is 27.7 Å². The average Bonchev–Trinajstić information content (AvgIpc) is 1.85. The summed E-state index contributed by atoms with van der Waals surface area (Å²) in [6.07, 6.45) is 4.51. The molecule has 1 heterocycles. The SMILES string of the molecule is C.CC.CC(C)N1CC2(CCC2)C1. The van der Waals surface area contributed by atoms with E-state index in [1.54, 1.807) is 0 Å². The molecule has 0 N–H and O–H groups in total. The van der Waals surface area contributed by atoms with Gasteiger partial charge in [-0.2, -0.15) is 0 Å². The molecule has 0 amide bonds. The minimum Gasteiger partial charge on any atom is -0.300 e. The molecular weight excluding hydrogens is 158 g/mol. The normalized spacial score (nSPS) is 23.8. The second-order valence-electron chi connectivity index (χ2n) is 4.35. The summed E-state index contributed by atoms with van der Waals surface area (Å²) in [5.74, 6) is 0. The van der Waals surface area contributed by atoms with Gasteiger partial charge in [-0.05, 0) is 32.1 Å². The van der Waals surface area contributed by atoms with Gasteiger partial charge in [0, 0.05) is 19.1 Å². The number of rotatable bonds is 1. The van der Waals surface area contributed by atoms with E-state index >= 15 is 0 Å². The molecule has 0 radical (unpaired) electrons. The van der Waals surface area contributed by atoms with Crippen LogP contribution in [0.1, 0.15) is 54.4 Å². The molecule has 0 bridgehead atoms. The lowest BCUT2D eigenvalue weighted by Crippen LogP contribution is -2.61. The molecule has 1 nitrogen and oxygen atoms in total. The fraction of sp³-hybridized carbons (Fsp3) is 1.00. The Balaban J connectivity index is 0.000000451. The maximum Gasteiger partial charge on any atom is 0.00532 e. The van der Waals surface area contributed by atoms with Gasteiger partial charge in [0.05, 0.1) is 0 Å². The average molecular weight is 185 g/mol. The Hall–Kier alpha value is -0.0400. The summed E-state index contributed by atoms with van der Waals surface area (Å²) in [7, 11) is 0. The molecule has 0 aromatic heterocycles. The molecule has 1 saturated carbocycles. The lowest BCUT2D eigenvalue weighted by Gasteiger charge is -2.57. The lowest BCUT2D eigenvalue weighted by atomic mass is 9.63. The van der Waals surface area contributed by atoms with E-state index in [-0.39, 0.29) is 7.43 Å². The van der Waals surface area contributed by atoms with Gasteiger partial charge in [0.1, 0.15) is 0 Å². The fourth-order valence-electron chi connectivity index (χ4n) is 2.17. The summed E-state index contributed by atoms with van der Waals surface area (Å²) >= 11 is 0. The van der Waals surface area contributed by atoms with E-state index in [1.807, 2.05) is 13.8 Å². The Morgan fingerprint density at radius 2 is 1.54 bits per heavy atom. The van der Waals surface area contributed by atoms with Crippen molar-refractivity contribution in [1.29, 1.82) is 0 Å². The first-order chi connectivity index (χ1) is 5.72. The highest BCUT2D eigenvalue weighted by molar-refractivity contribution is 5.00. The van der Waals surface area contributed by atoms with Crippen LogP contribution >= 0.6 is 0 Å². The molecule has 0 atom stereocenters. The van der Waals surface area contributed by atoms with E-state index < -0.39 is 0 Å². The third kappa shape index (κ3) is 2.46. The van der Waals surface area contributed by atoms with Gasteiger partial charge in [-0.15, -0.1) is 0 Å². The minimum atomic E-state index is 0. The van der Waals surface area contributed by atoms with Crippen LogP contribution in [-0.2, 0) is 0 Å². The van der Waals surface area contributed by atoms with Crippen molar-refractivity contribution >= 4 is 0 Å². The summed E-state index contributed by atoms with van der Waals surface area (Å²) in [4.78, 5) is 2.58. The molecule has 2 fully saturated rings. The number of hydrogen-bond donors (Lipinski definition) is 0. The summed E-state index contributed by atoms with van der Waals surface area (Å²) in [5.41, 5.74) is 0.824. The van der Waals surface area contributed by atoms with Crippen molar-refractivity contribution in [2.45, 2.75) is 60.4 Å². The quantitative estimate of drug-likeness (QED) is 0.604. The maximum atomic E-state index is 2.58. The van der Waals surface area contributed by atoms with Crippen LogP contribution < -0.4 is 0 Å². The second-order valence-corrected chi connectivity index (χ2v) is 4.35. The molecule has 2 aliphatic rings. The largest absolute Gasteiger partial charge is 0.300 e. The first-order valence-corrected chi connectivity index (χ1v) is 5.46. The van der Waals surface area contributed by atoms with Gasteiger partial charge < -0.3 is 0 Å². The van der Waals surface area contributed by atoms with Gasteiger partial charge in [-0.25, -0.2) is 0 Å². The zero-order valence-corrected chi connectivity index (χ0v) is 9.06. The molecule has 1 saturated heterocycles. The molecule has 1 aliphatic carbocycles. The molecule has 80 valence electrons. The van der Waals surface area contributed by atoms with E-state index in [0.717, 1.165) is 11.5 Å². The van der Waals surface area contributed by atoms with Crippen LogP contribution in [0.5, 0.6) is 0 Å². The van der Waals surface area contributed by atoms with Crippen LogP contribution in [0.2, 0.25) is 0 Å². The highest BCUT2D eigenvalue weighted by Crippen LogP contribution is 2.48. The lowest BCUT2D eigenvalue weighted by molar-refractivity contribution is -0.0758. The molecule has 2 rings (SSSR count). The standard InChI is InChI=1S/C9H17N.C2H6.CH4/c1-8(2)10-6-9(7-10)4-3-5-9;1-2;/h8H,3-7H2,1-2H3;1-2H3;1H4. The van der Waals surface area contributed by atoms with Crippen molar-refractivity contribution in [3.8, 4) is 0 Å². The second kappa shape index (κ2) is 4.99. The Labute approximate surface area is 84.5 Å². The van der Waals surface area contributed by atoms with E-state index in [1.165, 1.54) is 32.4 Å². The van der Waals surface area contributed by atoms with Gasteiger partial charge in [-0.3, -0.25) is 4.90 Å². The van der Waals surface area contributed by atoms with Crippen LogP contribution in [0.3, 0.4) is 0 Å². The van der Waals surface area contributed by atoms with E-state index in [9.17, 15) is 0 Å². The Morgan fingerprint density at radius 1 is 1.08 bits per heavy atom. The summed E-state index contributed by atoms with van der Waals surface area (Å²) in [6, 6.07) is 0.784. The molecule has 0 aromatic carbocycles. The molecule has 1 spiro atoms. The van der Waals surface area contributed by atoms with E-state index in [2.05, 4.69) is 18.7 Å². The minimum absolute atomic E-state index is 0. The first-order valence-electron chi connectivity index (χ1n) is 5.46. The molecular formula is C12H27N. The monoisotopic (exact) mass is 185 g/mol. The molecule has 0 aromatic rings. The Kier molecular flexibility index (Phi) is 4.98. The van der Waals surface area contributed by atoms with Crippen LogP contribution in [-0.4, -0.2) is 24.0 Å². The number of likely N-dealkylation sites (tertiary alicyclic amines) is 1. The van der Waals surface area contributed by atoms with Crippen LogP contribution in [0.25, 0.3) is 0 Å². The van der Waals surface area contributed by atoms with E-state index in [4.69, 9.17) is 0 Å². The highest BCUT2D eigenvalue weighted by Gasteiger charge is 2.47. The highest BCUT2D eigenvalue weighted by atomic mass is 15.2. The molecule has 1 aliphatic heterocycles. The van der Waals surface area contributed by atoms with Gasteiger partial charge in [0.2, 0.25) is 0 Å². The third-order valence-electron chi connectivity index (χ3n) is 3.22. The summed E-state index contributed by atoms with van der Waals surface area (Å²) < 4.78 is 0. The summed E-state index contributed by atoms with van der Waals surface area (Å²) in [5, 5.41) is 0. The summed E-state index contributed by atoms with van der Waals surface area (Å²) in [6.45, 7) is 11.4. The van der Waals surface area contributed by atoms with Crippen LogP contribution in [0.15, 0.2) is 0 Å². The van der Waals surface area contributed by atoms with Crippen molar-refractivity contribution in [3.63, 3.8) is 0 Å². The van der Waals surface area contributed by atoms with Crippen molar-refractivity contribution in [2.24, 2.45) is 5.41 Å². The Bertz CT molecular complexity index is 128. The van der Waals surface area contributed by atoms with Crippen molar-refractivity contribution in [3.05, 3.63) is 0 Å². The van der Waals surface area contributed by atoms with Crippen LogP contribution in [0, 0.1) is 5.41 Å². The predicted molar refractivity (Wildman–Crippen MR) is 61.1 cm³/mol. The third-order valence-corrected chi connectivity index (χ3v) is 3.22. The Morgan fingerprint density at radius 3 is 1.77 bits per heavy atom. The molecule has 13 heavy (non-hydrogen) atoms. The molecule has 1 heteroatoms. The predicted octanol–water partition coefficient (Wildman–Crippen LogP) is 3.54. The van der Waals surface area contributed by atoms with Gasteiger partial charge in [0.25, 0.3) is 0 Å². The number of nitrogens with zero attached hydrogens (tertiary/aromatic N) is 1. The topological polar surface area (TPSA) is 3.24 Å². The van der Waals surface area contributed by atoms with Crippen LogP contribution in [0.4, 0.5) is 0 Å². The van der Waals surface area contributed by atoms with Crippen molar-refractivity contribution in [2.75, 3.05) is 13.1 Å². The fourth-order valence-corrected chi connectivity index (χ4v) is 2.17. The van der Waals surface area contributed by atoms with E-state index in [0.29, 0.717) is 0 Å². The van der Waals surface area contributed by atoms with Gasteiger partial charge in [0.15, 0.2) is 0 Å². The first kappa shape index (κ1) is 13.0. The molecule has 0 unspecified atom stereocenters.